The van der Waals surface area contributed by atoms with Crippen LogP contribution in [0.15, 0.2) is 30.3 Å². The number of likely N-dealkylation sites (N-methyl/N-ethyl adjacent to an activating group) is 1. The number of benzene rings is 1. The van der Waals surface area contributed by atoms with Gasteiger partial charge in [-0.1, -0.05) is 30.3 Å². The van der Waals surface area contributed by atoms with Gasteiger partial charge < -0.3 is 10.2 Å². The molecule has 0 aliphatic rings. The number of rotatable bonds is 3. The van der Waals surface area contributed by atoms with Crippen LogP contribution in [0.1, 0.15) is 12.5 Å². The molecule has 1 rings (SSSR count). The van der Waals surface area contributed by atoms with Gasteiger partial charge in [0.25, 0.3) is 0 Å². The molecule has 6 nitrogen and oxygen atoms in total. The predicted octanol–water partition coefficient (Wildman–Crippen LogP) is 0.579. The van der Waals surface area contributed by atoms with E-state index < -0.39 is 11.9 Å². The minimum Gasteiger partial charge on any atom is -0.473 e. The molecule has 4 N–H and O–H groups in total. The second kappa shape index (κ2) is 8.21. The number of nitrogens with zero attached hydrogens (tertiary/aromatic N) is 1. The molecule has 0 radical (unpaired) electrons. The highest BCUT2D eigenvalue weighted by Crippen LogP contribution is 2.04. The van der Waals surface area contributed by atoms with Gasteiger partial charge in [-0.05, 0) is 18.9 Å². The second-order valence-electron chi connectivity index (χ2n) is 3.81. The first-order valence-electron chi connectivity index (χ1n) is 5.32. The smallest absolute Gasteiger partial charge is 0.414 e. The summed E-state index contributed by atoms with van der Waals surface area (Å²) in [5.41, 5.74) is 1.34. The fraction of sp³-hybridized carbons (Fsp3) is 0.333. The Morgan fingerprint density at radius 2 is 1.67 bits per heavy atom. The quantitative estimate of drug-likeness (QED) is 0.414. The Labute approximate surface area is 106 Å². The number of nitrogens with two attached hydrogens (primary N) is 1. The Hall–Kier alpha value is -1.92. The van der Waals surface area contributed by atoms with Crippen molar-refractivity contribution in [3.63, 3.8) is 0 Å². The molecule has 0 fully saturated rings. The van der Waals surface area contributed by atoms with Gasteiger partial charge in [-0.25, -0.2) is 14.6 Å². The van der Waals surface area contributed by atoms with Gasteiger partial charge in [0.2, 0.25) is 0 Å². The maximum atomic E-state index is 9.10. The summed E-state index contributed by atoms with van der Waals surface area (Å²) in [7, 11) is 1.90. The lowest BCUT2D eigenvalue weighted by Crippen LogP contribution is -2.36. The minimum absolute atomic E-state index is 0.396. The molecule has 0 aliphatic carbocycles. The van der Waals surface area contributed by atoms with Crippen LogP contribution in [-0.2, 0) is 16.0 Å². The highest BCUT2D eigenvalue weighted by molar-refractivity contribution is 6.27. The Balaban J connectivity index is 0.000000411. The summed E-state index contributed by atoms with van der Waals surface area (Å²) in [4.78, 5) is 18.2. The van der Waals surface area contributed by atoms with E-state index in [-0.39, 0.29) is 0 Å². The number of hydrogen-bond donors (Lipinski definition) is 3. The average molecular weight is 254 g/mol. The van der Waals surface area contributed by atoms with Crippen LogP contribution >= 0.6 is 0 Å². The van der Waals surface area contributed by atoms with Crippen LogP contribution < -0.4 is 5.84 Å². The molecule has 1 aromatic rings. The molecule has 0 saturated carbocycles. The molecule has 0 saturated heterocycles. The van der Waals surface area contributed by atoms with Crippen molar-refractivity contribution in [2.24, 2.45) is 5.84 Å². The lowest BCUT2D eigenvalue weighted by atomic mass is 10.1. The van der Waals surface area contributed by atoms with Crippen molar-refractivity contribution in [3.05, 3.63) is 35.9 Å². The van der Waals surface area contributed by atoms with E-state index in [1.165, 1.54) is 5.56 Å². The van der Waals surface area contributed by atoms with E-state index in [4.69, 9.17) is 25.6 Å². The fourth-order valence-corrected chi connectivity index (χ4v) is 1.10. The zero-order valence-corrected chi connectivity index (χ0v) is 10.4. The summed E-state index contributed by atoms with van der Waals surface area (Å²) in [6.07, 6.45) is 1.01. The van der Waals surface area contributed by atoms with Crippen LogP contribution in [0, 0.1) is 0 Å². The number of hydrazine groups is 1. The monoisotopic (exact) mass is 254 g/mol. The van der Waals surface area contributed by atoms with Gasteiger partial charge in [0.15, 0.2) is 0 Å². The molecule has 18 heavy (non-hydrogen) atoms. The third-order valence-electron chi connectivity index (χ3n) is 2.25. The molecule has 0 heterocycles. The van der Waals surface area contributed by atoms with Crippen molar-refractivity contribution >= 4 is 11.9 Å². The average Bonchev–Trinajstić information content (AvgIpc) is 2.30. The van der Waals surface area contributed by atoms with Gasteiger partial charge in [0.1, 0.15) is 0 Å². The lowest BCUT2D eigenvalue weighted by Gasteiger charge is -2.18. The van der Waals surface area contributed by atoms with Gasteiger partial charge in [-0.3, -0.25) is 5.84 Å². The van der Waals surface area contributed by atoms with Crippen molar-refractivity contribution in [2.75, 3.05) is 7.05 Å². The highest BCUT2D eigenvalue weighted by atomic mass is 16.4. The first-order valence-corrected chi connectivity index (χ1v) is 5.32. The number of carbonyl (C=O) groups is 2. The van der Waals surface area contributed by atoms with Crippen LogP contribution in [0.25, 0.3) is 0 Å². The molecular formula is C12H18N2O4. The van der Waals surface area contributed by atoms with E-state index >= 15 is 0 Å². The topological polar surface area (TPSA) is 104 Å². The lowest BCUT2D eigenvalue weighted by molar-refractivity contribution is -0.159. The van der Waals surface area contributed by atoms with Gasteiger partial charge in [0, 0.05) is 13.1 Å². The zero-order chi connectivity index (χ0) is 14.1. The van der Waals surface area contributed by atoms with Gasteiger partial charge in [-0.15, -0.1) is 0 Å². The first kappa shape index (κ1) is 16.1. The van der Waals surface area contributed by atoms with Crippen LogP contribution in [0.3, 0.4) is 0 Å². The molecule has 1 aromatic carbocycles. The Morgan fingerprint density at radius 1 is 1.22 bits per heavy atom. The standard InChI is InChI=1S/C10H16N2.C2H2O4/c1-9(12(2)11)8-10-6-4-3-5-7-10;3-1(4)2(5)6/h3-7,9H,8,11H2,1-2H3;(H,3,4)(H,5,6). The molecule has 1 atom stereocenters. The molecular weight excluding hydrogens is 236 g/mol. The van der Waals surface area contributed by atoms with E-state index in [9.17, 15) is 0 Å². The normalized spacial score (nSPS) is 11.3. The predicted molar refractivity (Wildman–Crippen MR) is 66.8 cm³/mol. The summed E-state index contributed by atoms with van der Waals surface area (Å²) in [6.45, 7) is 2.12. The third kappa shape index (κ3) is 7.37. The van der Waals surface area contributed by atoms with E-state index in [0.717, 1.165) is 6.42 Å². The largest absolute Gasteiger partial charge is 0.473 e. The fourth-order valence-electron chi connectivity index (χ4n) is 1.10. The third-order valence-corrected chi connectivity index (χ3v) is 2.25. The van der Waals surface area contributed by atoms with E-state index in [1.807, 2.05) is 13.1 Å². The molecule has 0 spiro atoms. The Bertz CT molecular complexity index is 367. The van der Waals surface area contributed by atoms with Crippen molar-refractivity contribution in [1.29, 1.82) is 0 Å². The Morgan fingerprint density at radius 3 is 2.00 bits per heavy atom. The number of carboxylic acid groups (broad SMARTS) is 2. The van der Waals surface area contributed by atoms with Crippen LogP contribution in [0.4, 0.5) is 0 Å². The summed E-state index contributed by atoms with van der Waals surface area (Å²) in [5, 5.41) is 16.5. The van der Waals surface area contributed by atoms with E-state index in [1.54, 1.807) is 5.01 Å². The van der Waals surface area contributed by atoms with E-state index in [2.05, 4.69) is 31.2 Å². The maximum absolute atomic E-state index is 9.10. The minimum atomic E-state index is -1.82. The van der Waals surface area contributed by atoms with Crippen LogP contribution in [0.2, 0.25) is 0 Å². The van der Waals surface area contributed by atoms with Crippen molar-refractivity contribution < 1.29 is 19.8 Å². The van der Waals surface area contributed by atoms with Crippen molar-refractivity contribution in [2.45, 2.75) is 19.4 Å². The van der Waals surface area contributed by atoms with Crippen LogP contribution in [-0.4, -0.2) is 40.3 Å². The molecule has 1 unspecified atom stereocenters. The summed E-state index contributed by atoms with van der Waals surface area (Å²) in [5.74, 6) is 1.97. The van der Waals surface area contributed by atoms with Crippen molar-refractivity contribution in [3.8, 4) is 0 Å². The van der Waals surface area contributed by atoms with Gasteiger partial charge >= 0.3 is 11.9 Å². The number of carboxylic acids is 2. The molecule has 0 aromatic heterocycles. The molecule has 6 heteroatoms. The van der Waals surface area contributed by atoms with Gasteiger partial charge in [-0.2, -0.15) is 0 Å². The highest BCUT2D eigenvalue weighted by Gasteiger charge is 2.05. The maximum Gasteiger partial charge on any atom is 0.414 e. The zero-order valence-electron chi connectivity index (χ0n) is 10.4. The number of aliphatic carboxylic acids is 2. The molecule has 0 bridgehead atoms. The van der Waals surface area contributed by atoms with Crippen molar-refractivity contribution in [1.82, 2.24) is 5.01 Å². The number of hydrogen-bond acceptors (Lipinski definition) is 4. The van der Waals surface area contributed by atoms with Gasteiger partial charge in [0.05, 0.1) is 0 Å². The molecule has 0 amide bonds. The summed E-state index contributed by atoms with van der Waals surface area (Å²) in [6, 6.07) is 10.8. The Kier molecular flexibility index (Phi) is 7.34. The molecule has 100 valence electrons. The molecule has 0 aliphatic heterocycles. The SMILES string of the molecule is CC(Cc1ccccc1)N(C)N.O=C(O)C(=O)O. The van der Waals surface area contributed by atoms with Crippen LogP contribution in [0.5, 0.6) is 0 Å². The summed E-state index contributed by atoms with van der Waals surface area (Å²) >= 11 is 0. The summed E-state index contributed by atoms with van der Waals surface area (Å²) < 4.78 is 0. The van der Waals surface area contributed by atoms with E-state index in [0.29, 0.717) is 6.04 Å². The first-order chi connectivity index (χ1) is 8.34. The second-order valence-corrected chi connectivity index (χ2v) is 3.81.